The Morgan fingerprint density at radius 2 is 2.17 bits per heavy atom. The fourth-order valence-corrected chi connectivity index (χ4v) is 2.39. The van der Waals surface area contributed by atoms with Gasteiger partial charge in [-0.25, -0.2) is 0 Å². The molecule has 1 aromatic heterocycles. The second-order valence-corrected chi connectivity index (χ2v) is 4.65. The van der Waals surface area contributed by atoms with Gasteiger partial charge in [-0.05, 0) is 32.0 Å². The molecule has 2 heterocycles. The number of hydrogen-bond donors (Lipinski definition) is 3. The van der Waals surface area contributed by atoms with E-state index in [9.17, 15) is 4.79 Å². The molecular formula is C13H16N4O. The third-order valence-electron chi connectivity index (χ3n) is 3.44. The van der Waals surface area contributed by atoms with Crippen molar-refractivity contribution in [2.45, 2.75) is 12.8 Å². The van der Waals surface area contributed by atoms with Crippen molar-refractivity contribution < 1.29 is 4.79 Å². The monoisotopic (exact) mass is 244 g/mol. The summed E-state index contributed by atoms with van der Waals surface area (Å²) in [4.78, 5) is 12.2. The van der Waals surface area contributed by atoms with Crippen LogP contribution in [-0.2, 0) is 4.79 Å². The van der Waals surface area contributed by atoms with Crippen molar-refractivity contribution in [2.24, 2.45) is 5.92 Å². The topological polar surface area (TPSA) is 69.8 Å². The predicted molar refractivity (Wildman–Crippen MR) is 70.3 cm³/mol. The van der Waals surface area contributed by atoms with Crippen molar-refractivity contribution in [2.75, 3.05) is 18.4 Å². The molecule has 1 aromatic carbocycles. The lowest BCUT2D eigenvalue weighted by atomic mass is 9.97. The number of aromatic nitrogens is 2. The smallest absolute Gasteiger partial charge is 0.227 e. The van der Waals surface area contributed by atoms with Crippen molar-refractivity contribution in [1.29, 1.82) is 0 Å². The van der Waals surface area contributed by atoms with E-state index >= 15 is 0 Å². The molecule has 18 heavy (non-hydrogen) atoms. The van der Waals surface area contributed by atoms with Crippen LogP contribution in [0.4, 0.5) is 5.69 Å². The third-order valence-corrected chi connectivity index (χ3v) is 3.44. The Kier molecular flexibility index (Phi) is 2.98. The fraction of sp³-hybridized carbons (Fsp3) is 0.385. The van der Waals surface area contributed by atoms with Crippen LogP contribution in [0.2, 0.25) is 0 Å². The first-order valence-corrected chi connectivity index (χ1v) is 6.28. The van der Waals surface area contributed by atoms with Gasteiger partial charge in [0.05, 0.1) is 17.4 Å². The van der Waals surface area contributed by atoms with E-state index in [0.717, 1.165) is 42.5 Å². The first-order chi connectivity index (χ1) is 8.84. The summed E-state index contributed by atoms with van der Waals surface area (Å²) in [5.74, 6) is 0.225. The molecule has 3 rings (SSSR count). The Bertz CT molecular complexity index is 557. The van der Waals surface area contributed by atoms with Crippen LogP contribution in [0.1, 0.15) is 12.8 Å². The van der Waals surface area contributed by atoms with Crippen LogP contribution in [0.5, 0.6) is 0 Å². The average Bonchev–Trinajstić information content (AvgIpc) is 2.89. The van der Waals surface area contributed by atoms with Crippen molar-refractivity contribution >= 4 is 22.5 Å². The van der Waals surface area contributed by atoms with Gasteiger partial charge in [0.2, 0.25) is 5.91 Å². The molecule has 94 valence electrons. The molecule has 1 saturated heterocycles. The van der Waals surface area contributed by atoms with Crippen LogP contribution in [0.25, 0.3) is 10.9 Å². The molecule has 0 bridgehead atoms. The van der Waals surface area contributed by atoms with Crippen LogP contribution in [0, 0.1) is 5.92 Å². The third kappa shape index (κ3) is 2.09. The standard InChI is InChI=1S/C13H16N4O/c18-13(9-4-6-14-7-5-9)16-11-3-1-2-10-8-15-17-12(10)11/h1-3,8-9,14H,4-7H2,(H,15,17)(H,16,18). The minimum Gasteiger partial charge on any atom is -0.324 e. The van der Waals surface area contributed by atoms with E-state index in [1.165, 1.54) is 0 Å². The lowest BCUT2D eigenvalue weighted by molar-refractivity contribution is -0.120. The molecule has 0 saturated carbocycles. The highest BCUT2D eigenvalue weighted by atomic mass is 16.1. The number of amides is 1. The zero-order valence-electron chi connectivity index (χ0n) is 10.1. The van der Waals surface area contributed by atoms with E-state index in [1.54, 1.807) is 6.20 Å². The number of benzene rings is 1. The molecular weight excluding hydrogens is 228 g/mol. The number of rotatable bonds is 2. The molecule has 0 aliphatic carbocycles. The van der Waals surface area contributed by atoms with Gasteiger partial charge >= 0.3 is 0 Å². The Labute approximate surface area is 105 Å². The molecule has 1 amide bonds. The number of carbonyl (C=O) groups is 1. The van der Waals surface area contributed by atoms with Crippen molar-refractivity contribution in [1.82, 2.24) is 15.5 Å². The number of carbonyl (C=O) groups excluding carboxylic acids is 1. The maximum Gasteiger partial charge on any atom is 0.227 e. The number of piperidine rings is 1. The number of anilines is 1. The number of para-hydroxylation sites is 1. The molecule has 0 unspecified atom stereocenters. The second kappa shape index (κ2) is 4.78. The number of hydrogen-bond acceptors (Lipinski definition) is 3. The normalized spacial score (nSPS) is 16.9. The maximum absolute atomic E-state index is 12.2. The van der Waals surface area contributed by atoms with Gasteiger partial charge < -0.3 is 10.6 Å². The summed E-state index contributed by atoms with van der Waals surface area (Å²) in [6, 6.07) is 5.80. The Morgan fingerprint density at radius 3 is 3.00 bits per heavy atom. The highest BCUT2D eigenvalue weighted by Gasteiger charge is 2.21. The van der Waals surface area contributed by atoms with E-state index < -0.39 is 0 Å². The van der Waals surface area contributed by atoms with E-state index in [1.807, 2.05) is 18.2 Å². The first-order valence-electron chi connectivity index (χ1n) is 6.28. The van der Waals surface area contributed by atoms with Crippen LogP contribution in [0.3, 0.4) is 0 Å². The molecule has 1 aliphatic heterocycles. The highest BCUT2D eigenvalue weighted by Crippen LogP contribution is 2.22. The minimum absolute atomic E-state index is 0.110. The van der Waals surface area contributed by atoms with Crippen LogP contribution >= 0.6 is 0 Å². The number of nitrogens with one attached hydrogen (secondary N) is 3. The fourth-order valence-electron chi connectivity index (χ4n) is 2.39. The average molecular weight is 244 g/mol. The van der Waals surface area contributed by atoms with Gasteiger partial charge in [0, 0.05) is 11.3 Å². The van der Waals surface area contributed by atoms with Gasteiger partial charge in [0.15, 0.2) is 0 Å². The van der Waals surface area contributed by atoms with Gasteiger partial charge in [-0.2, -0.15) is 5.10 Å². The summed E-state index contributed by atoms with van der Waals surface area (Å²) in [5.41, 5.74) is 1.70. The Balaban J connectivity index is 1.79. The first kappa shape index (κ1) is 11.2. The molecule has 1 aliphatic rings. The van der Waals surface area contributed by atoms with Gasteiger partial charge in [0.1, 0.15) is 0 Å². The zero-order valence-corrected chi connectivity index (χ0v) is 10.1. The number of fused-ring (bicyclic) bond motifs is 1. The molecule has 0 atom stereocenters. The summed E-state index contributed by atoms with van der Waals surface area (Å²) < 4.78 is 0. The largest absolute Gasteiger partial charge is 0.324 e. The molecule has 3 N–H and O–H groups in total. The lowest BCUT2D eigenvalue weighted by Crippen LogP contribution is -2.34. The van der Waals surface area contributed by atoms with Crippen LogP contribution in [0.15, 0.2) is 24.4 Å². The van der Waals surface area contributed by atoms with Crippen molar-refractivity contribution in [3.8, 4) is 0 Å². The number of nitrogens with zero attached hydrogens (tertiary/aromatic N) is 1. The van der Waals surface area contributed by atoms with Gasteiger partial charge in [0.25, 0.3) is 0 Å². The molecule has 5 nitrogen and oxygen atoms in total. The van der Waals surface area contributed by atoms with E-state index in [0.29, 0.717) is 0 Å². The quantitative estimate of drug-likeness (QED) is 0.749. The van der Waals surface area contributed by atoms with E-state index in [4.69, 9.17) is 0 Å². The van der Waals surface area contributed by atoms with Gasteiger partial charge in [-0.15, -0.1) is 0 Å². The highest BCUT2D eigenvalue weighted by molar-refractivity contribution is 6.00. The molecule has 5 heteroatoms. The number of aromatic amines is 1. The van der Waals surface area contributed by atoms with Crippen LogP contribution < -0.4 is 10.6 Å². The number of H-pyrrole nitrogens is 1. The summed E-state index contributed by atoms with van der Waals surface area (Å²) in [6.45, 7) is 1.85. The Hall–Kier alpha value is -1.88. The predicted octanol–water partition coefficient (Wildman–Crippen LogP) is 1.50. The lowest BCUT2D eigenvalue weighted by Gasteiger charge is -2.21. The van der Waals surface area contributed by atoms with Crippen molar-refractivity contribution in [3.63, 3.8) is 0 Å². The summed E-state index contributed by atoms with van der Waals surface area (Å²) >= 11 is 0. The second-order valence-electron chi connectivity index (χ2n) is 4.65. The van der Waals surface area contributed by atoms with E-state index in [-0.39, 0.29) is 11.8 Å². The molecule has 1 fully saturated rings. The molecule has 0 spiro atoms. The van der Waals surface area contributed by atoms with Crippen LogP contribution in [-0.4, -0.2) is 29.2 Å². The summed E-state index contributed by atoms with van der Waals surface area (Å²) in [5, 5.41) is 14.2. The molecule has 2 aromatic rings. The van der Waals surface area contributed by atoms with Gasteiger partial charge in [-0.3, -0.25) is 9.89 Å². The van der Waals surface area contributed by atoms with E-state index in [2.05, 4.69) is 20.8 Å². The Morgan fingerprint density at radius 1 is 1.33 bits per heavy atom. The maximum atomic E-state index is 12.2. The van der Waals surface area contributed by atoms with Gasteiger partial charge in [-0.1, -0.05) is 12.1 Å². The molecule has 0 radical (unpaired) electrons. The van der Waals surface area contributed by atoms with Crippen molar-refractivity contribution in [3.05, 3.63) is 24.4 Å². The SMILES string of the molecule is O=C(Nc1cccc2cn[nH]c12)C1CCNCC1. The summed E-state index contributed by atoms with van der Waals surface area (Å²) in [7, 11) is 0. The zero-order chi connectivity index (χ0) is 12.4. The summed E-state index contributed by atoms with van der Waals surface area (Å²) in [6.07, 6.45) is 3.57. The minimum atomic E-state index is 0.110.